The van der Waals surface area contributed by atoms with Gasteiger partial charge in [0.15, 0.2) is 0 Å². The first kappa shape index (κ1) is 14.0. The van der Waals surface area contributed by atoms with Gasteiger partial charge in [0.2, 0.25) is 0 Å². The Balaban J connectivity index is 1.79. The molecule has 0 bridgehead atoms. The third-order valence-corrected chi connectivity index (χ3v) is 3.79. The van der Waals surface area contributed by atoms with Gasteiger partial charge in [0, 0.05) is 30.8 Å². The van der Waals surface area contributed by atoms with Crippen molar-refractivity contribution in [1.82, 2.24) is 4.98 Å². The van der Waals surface area contributed by atoms with Crippen LogP contribution in [-0.2, 0) is 11.3 Å². The van der Waals surface area contributed by atoms with Gasteiger partial charge in [-0.05, 0) is 18.9 Å². The number of ether oxygens (including phenoxy) is 1. The van der Waals surface area contributed by atoms with E-state index in [9.17, 15) is 0 Å². The van der Waals surface area contributed by atoms with Gasteiger partial charge in [0.1, 0.15) is 5.82 Å². The minimum absolute atomic E-state index is 0.290. The van der Waals surface area contributed by atoms with E-state index < -0.39 is 0 Å². The van der Waals surface area contributed by atoms with Crippen molar-refractivity contribution in [2.24, 2.45) is 5.73 Å². The molecular weight excluding hydrogens is 262 g/mol. The molecule has 2 aromatic rings. The molecule has 0 aliphatic carbocycles. The maximum atomic E-state index is 5.81. The highest BCUT2D eigenvalue weighted by atomic mass is 16.5. The van der Waals surface area contributed by atoms with Crippen LogP contribution in [0.1, 0.15) is 18.4 Å². The molecule has 3 N–H and O–H groups in total. The zero-order valence-electron chi connectivity index (χ0n) is 12.1. The number of nitrogens with zero attached hydrogens (tertiary/aromatic N) is 1. The van der Waals surface area contributed by atoms with Crippen molar-refractivity contribution in [2.45, 2.75) is 25.5 Å². The molecule has 1 unspecified atom stereocenters. The number of rotatable bonds is 5. The maximum Gasteiger partial charge on any atom is 0.131 e. The average molecular weight is 283 g/mol. The van der Waals surface area contributed by atoms with Crippen molar-refractivity contribution in [1.29, 1.82) is 0 Å². The van der Waals surface area contributed by atoms with E-state index in [4.69, 9.17) is 15.5 Å². The highest BCUT2D eigenvalue weighted by Crippen LogP contribution is 2.22. The Morgan fingerprint density at radius 3 is 2.76 bits per heavy atom. The molecule has 1 aromatic heterocycles. The van der Waals surface area contributed by atoms with Crippen molar-refractivity contribution in [3.05, 3.63) is 48.0 Å². The van der Waals surface area contributed by atoms with Crippen LogP contribution in [0.5, 0.6) is 0 Å². The fourth-order valence-corrected chi connectivity index (χ4v) is 2.59. The molecular formula is C17H21N3O. The molecule has 1 aliphatic rings. The zero-order chi connectivity index (χ0) is 14.5. The Hall–Kier alpha value is -1.91. The van der Waals surface area contributed by atoms with Crippen LogP contribution in [0, 0.1) is 0 Å². The SMILES string of the molecule is NCc1ccc(-c2ccccc2)nc1NCC1CCCO1. The number of anilines is 1. The lowest BCUT2D eigenvalue weighted by Gasteiger charge is -2.15. The molecule has 0 radical (unpaired) electrons. The predicted octanol–water partition coefficient (Wildman–Crippen LogP) is 2.80. The average Bonchev–Trinajstić information content (AvgIpc) is 3.07. The lowest BCUT2D eigenvalue weighted by atomic mass is 10.1. The molecule has 4 heteroatoms. The quantitative estimate of drug-likeness (QED) is 0.886. The van der Waals surface area contributed by atoms with Crippen molar-refractivity contribution < 1.29 is 4.74 Å². The van der Waals surface area contributed by atoms with E-state index in [2.05, 4.69) is 17.4 Å². The van der Waals surface area contributed by atoms with Crippen molar-refractivity contribution >= 4 is 5.82 Å². The summed E-state index contributed by atoms with van der Waals surface area (Å²) in [5.41, 5.74) is 8.92. The van der Waals surface area contributed by atoms with E-state index >= 15 is 0 Å². The van der Waals surface area contributed by atoms with E-state index in [1.807, 2.05) is 30.3 Å². The fourth-order valence-electron chi connectivity index (χ4n) is 2.59. The molecule has 1 aromatic carbocycles. The number of nitrogens with one attached hydrogen (secondary N) is 1. The summed E-state index contributed by atoms with van der Waals surface area (Å²) >= 11 is 0. The van der Waals surface area contributed by atoms with Crippen LogP contribution >= 0.6 is 0 Å². The Kier molecular flexibility index (Phi) is 4.48. The Morgan fingerprint density at radius 1 is 1.19 bits per heavy atom. The summed E-state index contributed by atoms with van der Waals surface area (Å²) in [4.78, 5) is 4.73. The highest BCUT2D eigenvalue weighted by molar-refractivity contribution is 5.62. The predicted molar refractivity (Wildman–Crippen MR) is 85.0 cm³/mol. The summed E-state index contributed by atoms with van der Waals surface area (Å²) in [5.74, 6) is 0.870. The van der Waals surface area contributed by atoms with Gasteiger partial charge in [0.05, 0.1) is 11.8 Å². The molecule has 1 fully saturated rings. The van der Waals surface area contributed by atoms with Crippen LogP contribution in [0.25, 0.3) is 11.3 Å². The number of aromatic nitrogens is 1. The van der Waals surface area contributed by atoms with Gasteiger partial charge < -0.3 is 15.8 Å². The summed E-state index contributed by atoms with van der Waals surface area (Å²) in [5, 5.41) is 3.40. The lowest BCUT2D eigenvalue weighted by Crippen LogP contribution is -2.20. The van der Waals surface area contributed by atoms with Crippen LogP contribution < -0.4 is 11.1 Å². The first-order valence-corrected chi connectivity index (χ1v) is 7.47. The molecule has 3 rings (SSSR count). The van der Waals surface area contributed by atoms with Gasteiger partial charge >= 0.3 is 0 Å². The second-order valence-corrected chi connectivity index (χ2v) is 5.29. The van der Waals surface area contributed by atoms with E-state index in [-0.39, 0.29) is 6.10 Å². The summed E-state index contributed by atoms with van der Waals surface area (Å²) in [7, 11) is 0. The second-order valence-electron chi connectivity index (χ2n) is 5.29. The topological polar surface area (TPSA) is 60.2 Å². The summed E-state index contributed by atoms with van der Waals surface area (Å²) in [6.07, 6.45) is 2.55. The molecule has 0 amide bonds. The van der Waals surface area contributed by atoms with E-state index in [1.165, 1.54) is 0 Å². The standard InChI is InChI=1S/C17H21N3O/c18-11-14-8-9-16(13-5-2-1-3-6-13)20-17(14)19-12-15-7-4-10-21-15/h1-3,5-6,8-9,15H,4,7,10-12,18H2,(H,19,20). The van der Waals surface area contributed by atoms with Crippen molar-refractivity contribution in [2.75, 3.05) is 18.5 Å². The first-order valence-electron chi connectivity index (χ1n) is 7.47. The van der Waals surface area contributed by atoms with Gasteiger partial charge in [-0.15, -0.1) is 0 Å². The summed E-state index contributed by atoms with van der Waals surface area (Å²) in [6.45, 7) is 2.14. The van der Waals surface area contributed by atoms with Crippen LogP contribution in [-0.4, -0.2) is 24.2 Å². The van der Waals surface area contributed by atoms with Gasteiger partial charge in [-0.1, -0.05) is 36.4 Å². The molecule has 4 nitrogen and oxygen atoms in total. The van der Waals surface area contributed by atoms with Gasteiger partial charge in [-0.3, -0.25) is 0 Å². The Labute approximate surface area is 125 Å². The molecule has 110 valence electrons. The van der Waals surface area contributed by atoms with Crippen LogP contribution in [0.3, 0.4) is 0 Å². The highest BCUT2D eigenvalue weighted by Gasteiger charge is 2.16. The fraction of sp³-hybridized carbons (Fsp3) is 0.353. The van der Waals surface area contributed by atoms with E-state index in [0.29, 0.717) is 6.54 Å². The Morgan fingerprint density at radius 2 is 2.05 bits per heavy atom. The number of hydrogen-bond donors (Lipinski definition) is 2. The van der Waals surface area contributed by atoms with Crippen LogP contribution in [0.4, 0.5) is 5.82 Å². The van der Waals surface area contributed by atoms with Crippen LogP contribution in [0.15, 0.2) is 42.5 Å². The molecule has 21 heavy (non-hydrogen) atoms. The van der Waals surface area contributed by atoms with E-state index in [0.717, 1.165) is 48.6 Å². The van der Waals surface area contributed by atoms with Gasteiger partial charge in [-0.25, -0.2) is 4.98 Å². The normalized spacial score (nSPS) is 17.9. The Bertz CT molecular complexity index is 580. The molecule has 0 saturated carbocycles. The monoisotopic (exact) mass is 283 g/mol. The molecule has 1 saturated heterocycles. The molecule has 0 spiro atoms. The third-order valence-electron chi connectivity index (χ3n) is 3.79. The zero-order valence-corrected chi connectivity index (χ0v) is 12.1. The molecule has 1 atom stereocenters. The number of benzene rings is 1. The molecule has 1 aliphatic heterocycles. The lowest BCUT2D eigenvalue weighted by molar-refractivity contribution is 0.120. The molecule has 2 heterocycles. The first-order chi connectivity index (χ1) is 10.4. The van der Waals surface area contributed by atoms with Gasteiger partial charge in [0.25, 0.3) is 0 Å². The smallest absolute Gasteiger partial charge is 0.131 e. The summed E-state index contributed by atoms with van der Waals surface area (Å²) in [6, 6.07) is 14.2. The van der Waals surface area contributed by atoms with Crippen molar-refractivity contribution in [3.8, 4) is 11.3 Å². The number of pyridine rings is 1. The van der Waals surface area contributed by atoms with Crippen LogP contribution in [0.2, 0.25) is 0 Å². The second kappa shape index (κ2) is 6.70. The van der Waals surface area contributed by atoms with Crippen molar-refractivity contribution in [3.63, 3.8) is 0 Å². The van der Waals surface area contributed by atoms with Gasteiger partial charge in [-0.2, -0.15) is 0 Å². The largest absolute Gasteiger partial charge is 0.376 e. The van der Waals surface area contributed by atoms with E-state index in [1.54, 1.807) is 0 Å². The minimum Gasteiger partial charge on any atom is -0.376 e. The number of hydrogen-bond acceptors (Lipinski definition) is 4. The minimum atomic E-state index is 0.290. The number of nitrogens with two attached hydrogens (primary N) is 1. The third kappa shape index (κ3) is 3.40. The summed E-state index contributed by atoms with van der Waals surface area (Å²) < 4.78 is 5.64. The maximum absolute atomic E-state index is 5.81.